The van der Waals surface area contributed by atoms with Crippen LogP contribution < -0.4 is 10.1 Å². The molecule has 0 saturated heterocycles. The van der Waals surface area contributed by atoms with Crippen molar-refractivity contribution in [2.75, 3.05) is 19.9 Å². The molecular formula is C18H23NOS. The molecule has 21 heavy (non-hydrogen) atoms. The van der Waals surface area contributed by atoms with Gasteiger partial charge in [0.1, 0.15) is 5.75 Å². The molecular weight excluding hydrogens is 278 g/mol. The molecule has 1 unspecified atom stereocenters. The van der Waals surface area contributed by atoms with Gasteiger partial charge in [0.2, 0.25) is 0 Å². The maximum Gasteiger partial charge on any atom is 0.118 e. The van der Waals surface area contributed by atoms with E-state index in [-0.39, 0.29) is 0 Å². The van der Waals surface area contributed by atoms with Crippen LogP contribution in [-0.4, -0.2) is 19.9 Å². The molecule has 2 aromatic carbocycles. The van der Waals surface area contributed by atoms with Gasteiger partial charge in [-0.05, 0) is 50.2 Å². The summed E-state index contributed by atoms with van der Waals surface area (Å²) in [5.41, 5.74) is 3.96. The van der Waals surface area contributed by atoms with E-state index < -0.39 is 0 Å². The van der Waals surface area contributed by atoms with Crippen molar-refractivity contribution >= 4 is 11.8 Å². The zero-order valence-corrected chi connectivity index (χ0v) is 14.0. The van der Waals surface area contributed by atoms with Gasteiger partial charge < -0.3 is 10.1 Å². The van der Waals surface area contributed by atoms with Gasteiger partial charge in [-0.15, -0.1) is 11.8 Å². The monoisotopic (exact) mass is 301 g/mol. The summed E-state index contributed by atoms with van der Waals surface area (Å²) >= 11 is 1.90. The molecule has 0 amide bonds. The number of rotatable bonds is 6. The Kier molecular flexibility index (Phi) is 5.71. The summed E-state index contributed by atoms with van der Waals surface area (Å²) in [6, 6.07) is 15.3. The Hall–Kier alpha value is -1.45. The molecule has 2 nitrogen and oxygen atoms in total. The zero-order chi connectivity index (χ0) is 15.2. The molecule has 2 aromatic rings. The van der Waals surface area contributed by atoms with Gasteiger partial charge in [0, 0.05) is 16.7 Å². The molecule has 0 aliphatic rings. The number of hydrogen-bond donors (Lipinski definition) is 1. The maximum absolute atomic E-state index is 5.21. The number of nitrogens with one attached hydrogen (secondary N) is 1. The molecule has 0 bridgehead atoms. The van der Waals surface area contributed by atoms with Crippen LogP contribution in [-0.2, 0) is 0 Å². The highest BCUT2D eigenvalue weighted by atomic mass is 32.2. The van der Waals surface area contributed by atoms with Crippen molar-refractivity contribution in [1.82, 2.24) is 5.32 Å². The maximum atomic E-state index is 5.21. The fraction of sp³-hybridized carbons (Fsp3) is 0.333. The van der Waals surface area contributed by atoms with Crippen LogP contribution in [0.25, 0.3) is 0 Å². The van der Waals surface area contributed by atoms with Gasteiger partial charge in [-0.25, -0.2) is 0 Å². The highest BCUT2D eigenvalue weighted by Crippen LogP contribution is 2.28. The van der Waals surface area contributed by atoms with Crippen LogP contribution in [0.5, 0.6) is 5.75 Å². The van der Waals surface area contributed by atoms with Crippen LogP contribution >= 0.6 is 11.8 Å². The molecule has 0 aliphatic carbocycles. The first kappa shape index (κ1) is 15.9. The minimum absolute atomic E-state index is 0.335. The number of thioether (sulfide) groups is 1. The Morgan fingerprint density at radius 1 is 1.10 bits per heavy atom. The standard InChI is InChI=1S/C18H23NOS/c1-13-5-10-18(14(2)11-13)21-12-17(19-3)15-6-8-16(20-4)9-7-15/h5-11,17,19H,12H2,1-4H3. The minimum atomic E-state index is 0.335. The van der Waals surface area contributed by atoms with E-state index in [4.69, 9.17) is 4.74 Å². The first-order valence-electron chi connectivity index (χ1n) is 7.15. The highest BCUT2D eigenvalue weighted by molar-refractivity contribution is 7.99. The second-order valence-electron chi connectivity index (χ2n) is 5.19. The molecule has 0 aliphatic heterocycles. The number of aryl methyl sites for hydroxylation is 2. The quantitative estimate of drug-likeness (QED) is 0.801. The van der Waals surface area contributed by atoms with E-state index >= 15 is 0 Å². The van der Waals surface area contributed by atoms with Gasteiger partial charge >= 0.3 is 0 Å². The first-order chi connectivity index (χ1) is 10.1. The molecule has 0 radical (unpaired) electrons. The zero-order valence-electron chi connectivity index (χ0n) is 13.1. The van der Waals surface area contributed by atoms with Gasteiger partial charge in [-0.2, -0.15) is 0 Å². The fourth-order valence-corrected chi connectivity index (χ4v) is 3.47. The van der Waals surface area contributed by atoms with Crippen molar-refractivity contribution in [2.24, 2.45) is 0 Å². The van der Waals surface area contributed by atoms with Crippen molar-refractivity contribution < 1.29 is 4.74 Å². The Balaban J connectivity index is 2.04. The third-order valence-electron chi connectivity index (χ3n) is 3.60. The van der Waals surface area contributed by atoms with Gasteiger partial charge in [0.05, 0.1) is 7.11 Å². The second kappa shape index (κ2) is 7.53. The van der Waals surface area contributed by atoms with E-state index in [2.05, 4.69) is 49.5 Å². The number of ether oxygens (including phenoxy) is 1. The van der Waals surface area contributed by atoms with Gasteiger partial charge in [-0.3, -0.25) is 0 Å². The normalized spacial score (nSPS) is 12.2. The van der Waals surface area contributed by atoms with Gasteiger partial charge in [0.25, 0.3) is 0 Å². The molecule has 0 heterocycles. The highest BCUT2D eigenvalue weighted by Gasteiger charge is 2.10. The average molecular weight is 301 g/mol. The molecule has 0 fully saturated rings. The fourth-order valence-electron chi connectivity index (χ4n) is 2.32. The predicted molar refractivity (Wildman–Crippen MR) is 91.4 cm³/mol. The number of methoxy groups -OCH3 is 1. The van der Waals surface area contributed by atoms with Crippen LogP contribution in [0.1, 0.15) is 22.7 Å². The molecule has 3 heteroatoms. The topological polar surface area (TPSA) is 21.3 Å². The lowest BCUT2D eigenvalue weighted by molar-refractivity contribution is 0.414. The molecule has 1 atom stereocenters. The van der Waals surface area contributed by atoms with E-state index in [0.29, 0.717) is 6.04 Å². The van der Waals surface area contributed by atoms with Crippen molar-refractivity contribution in [3.8, 4) is 5.75 Å². The molecule has 112 valence electrons. The van der Waals surface area contributed by atoms with Crippen molar-refractivity contribution in [2.45, 2.75) is 24.8 Å². The third kappa shape index (κ3) is 4.26. The number of hydrogen-bond acceptors (Lipinski definition) is 3. The van der Waals surface area contributed by atoms with Crippen LogP contribution in [0.3, 0.4) is 0 Å². The lowest BCUT2D eigenvalue weighted by atomic mass is 10.1. The Morgan fingerprint density at radius 2 is 1.81 bits per heavy atom. The smallest absolute Gasteiger partial charge is 0.118 e. The van der Waals surface area contributed by atoms with Crippen LogP contribution in [0.4, 0.5) is 0 Å². The second-order valence-corrected chi connectivity index (χ2v) is 6.26. The lowest BCUT2D eigenvalue weighted by Gasteiger charge is -2.17. The average Bonchev–Trinajstić information content (AvgIpc) is 2.50. The van der Waals surface area contributed by atoms with Crippen molar-refractivity contribution in [3.63, 3.8) is 0 Å². The van der Waals surface area contributed by atoms with Crippen LogP contribution in [0.15, 0.2) is 47.4 Å². The molecule has 2 rings (SSSR count). The van der Waals surface area contributed by atoms with Crippen LogP contribution in [0.2, 0.25) is 0 Å². The van der Waals surface area contributed by atoms with Gasteiger partial charge in [-0.1, -0.05) is 29.8 Å². The van der Waals surface area contributed by atoms with E-state index in [9.17, 15) is 0 Å². The third-order valence-corrected chi connectivity index (χ3v) is 4.87. The number of benzene rings is 2. The summed E-state index contributed by atoms with van der Waals surface area (Å²) in [7, 11) is 3.71. The Morgan fingerprint density at radius 3 is 2.38 bits per heavy atom. The van der Waals surface area contributed by atoms with Gasteiger partial charge in [0.15, 0.2) is 0 Å². The predicted octanol–water partition coefficient (Wildman–Crippen LogP) is 4.36. The van der Waals surface area contributed by atoms with Crippen molar-refractivity contribution in [3.05, 3.63) is 59.2 Å². The summed E-state index contributed by atoms with van der Waals surface area (Å²) in [6.07, 6.45) is 0. The largest absolute Gasteiger partial charge is 0.497 e. The molecule has 0 spiro atoms. The van der Waals surface area contributed by atoms with E-state index in [1.54, 1.807) is 7.11 Å². The van der Waals surface area contributed by atoms with Crippen LogP contribution in [0, 0.1) is 13.8 Å². The Bertz CT molecular complexity index is 580. The van der Waals surface area contributed by atoms with E-state index in [1.165, 1.54) is 21.6 Å². The molecule has 1 N–H and O–H groups in total. The van der Waals surface area contributed by atoms with E-state index in [1.807, 2.05) is 30.9 Å². The van der Waals surface area contributed by atoms with Crippen molar-refractivity contribution in [1.29, 1.82) is 0 Å². The summed E-state index contributed by atoms with van der Waals surface area (Å²) in [4.78, 5) is 1.36. The first-order valence-corrected chi connectivity index (χ1v) is 8.14. The minimum Gasteiger partial charge on any atom is -0.497 e. The SMILES string of the molecule is CNC(CSc1ccc(C)cc1C)c1ccc(OC)cc1. The summed E-state index contributed by atoms with van der Waals surface area (Å²) in [5, 5.41) is 3.40. The van der Waals surface area contributed by atoms with E-state index in [0.717, 1.165) is 11.5 Å². The summed E-state index contributed by atoms with van der Waals surface area (Å²) in [6.45, 7) is 4.31. The summed E-state index contributed by atoms with van der Waals surface area (Å²) in [5.74, 6) is 1.91. The lowest BCUT2D eigenvalue weighted by Crippen LogP contribution is -2.18. The Labute approximate surface area is 131 Å². The molecule has 0 saturated carbocycles. The molecule has 0 aromatic heterocycles. The summed E-state index contributed by atoms with van der Waals surface area (Å²) < 4.78 is 5.21.